The number of benzene rings is 1. The monoisotopic (exact) mass is 362 g/mol. The van der Waals surface area contributed by atoms with E-state index < -0.39 is 0 Å². The van der Waals surface area contributed by atoms with Crippen LogP contribution in [0.1, 0.15) is 18.4 Å². The Labute approximate surface area is 134 Å². The fourth-order valence-electron chi connectivity index (χ4n) is 2.47. The molecule has 0 aromatic heterocycles. The molecule has 0 unspecified atom stereocenters. The molecule has 4 nitrogen and oxygen atoms in total. The van der Waals surface area contributed by atoms with E-state index in [0.29, 0.717) is 6.54 Å². The van der Waals surface area contributed by atoms with Crippen LogP contribution in [0, 0.1) is 0 Å². The zero-order chi connectivity index (χ0) is 13.7. The largest absolute Gasteiger partial charge is 0.381 e. The van der Waals surface area contributed by atoms with Gasteiger partial charge in [-0.15, -0.1) is 12.4 Å². The summed E-state index contributed by atoms with van der Waals surface area (Å²) in [6, 6.07) is 8.31. The van der Waals surface area contributed by atoms with Gasteiger partial charge in [-0.3, -0.25) is 4.79 Å². The Morgan fingerprint density at radius 3 is 2.45 bits per heavy atom. The van der Waals surface area contributed by atoms with Crippen LogP contribution in [-0.4, -0.2) is 32.2 Å². The average Bonchev–Trinajstić information content (AvgIpc) is 2.46. The van der Waals surface area contributed by atoms with E-state index in [0.717, 1.165) is 30.5 Å². The SMILES string of the molecule is Cl.NCC(=O)NCC1(c2ccc(Br)cc2)CCOCC1. The molecule has 0 spiro atoms. The summed E-state index contributed by atoms with van der Waals surface area (Å²) in [7, 11) is 0. The zero-order valence-electron chi connectivity index (χ0n) is 11.2. The molecule has 0 bridgehead atoms. The second kappa shape index (κ2) is 7.98. The summed E-state index contributed by atoms with van der Waals surface area (Å²) in [6.45, 7) is 2.12. The highest BCUT2D eigenvalue weighted by atomic mass is 79.9. The third-order valence-corrected chi connectivity index (χ3v) is 4.24. The van der Waals surface area contributed by atoms with Gasteiger partial charge in [-0.25, -0.2) is 0 Å². The second-order valence-electron chi connectivity index (χ2n) is 4.88. The van der Waals surface area contributed by atoms with Crippen LogP contribution >= 0.6 is 28.3 Å². The van der Waals surface area contributed by atoms with Gasteiger partial charge >= 0.3 is 0 Å². The third kappa shape index (κ3) is 4.19. The molecule has 1 fully saturated rings. The molecule has 1 saturated heterocycles. The lowest BCUT2D eigenvalue weighted by Gasteiger charge is -2.38. The topological polar surface area (TPSA) is 64.4 Å². The van der Waals surface area contributed by atoms with Gasteiger partial charge in [-0.1, -0.05) is 28.1 Å². The maximum Gasteiger partial charge on any atom is 0.233 e. The van der Waals surface area contributed by atoms with Gasteiger partial charge in [-0.05, 0) is 30.5 Å². The van der Waals surface area contributed by atoms with E-state index in [-0.39, 0.29) is 30.3 Å². The van der Waals surface area contributed by atoms with Gasteiger partial charge in [0.05, 0.1) is 6.54 Å². The molecule has 1 aliphatic rings. The fraction of sp³-hybridized carbons (Fsp3) is 0.500. The summed E-state index contributed by atoms with van der Waals surface area (Å²) in [4.78, 5) is 11.4. The molecule has 20 heavy (non-hydrogen) atoms. The first-order chi connectivity index (χ1) is 9.16. The van der Waals surface area contributed by atoms with Crippen LogP contribution < -0.4 is 11.1 Å². The van der Waals surface area contributed by atoms with E-state index in [1.807, 2.05) is 12.1 Å². The van der Waals surface area contributed by atoms with E-state index in [4.69, 9.17) is 10.5 Å². The first-order valence-corrected chi connectivity index (χ1v) is 7.26. The van der Waals surface area contributed by atoms with Crippen molar-refractivity contribution in [3.63, 3.8) is 0 Å². The highest BCUT2D eigenvalue weighted by Crippen LogP contribution is 2.34. The van der Waals surface area contributed by atoms with E-state index in [2.05, 4.69) is 33.4 Å². The van der Waals surface area contributed by atoms with Crippen LogP contribution in [0.4, 0.5) is 0 Å². The molecule has 0 radical (unpaired) electrons. The summed E-state index contributed by atoms with van der Waals surface area (Å²) in [5, 5.41) is 2.92. The van der Waals surface area contributed by atoms with Gasteiger partial charge < -0.3 is 15.8 Å². The van der Waals surface area contributed by atoms with Crippen molar-refractivity contribution in [2.75, 3.05) is 26.3 Å². The summed E-state index contributed by atoms with van der Waals surface area (Å²) >= 11 is 3.45. The molecule has 1 aromatic rings. The number of carbonyl (C=O) groups is 1. The number of ether oxygens (including phenoxy) is 1. The smallest absolute Gasteiger partial charge is 0.233 e. The molecular weight excluding hydrogens is 344 g/mol. The van der Waals surface area contributed by atoms with Crippen LogP contribution in [0.5, 0.6) is 0 Å². The summed E-state index contributed by atoms with van der Waals surface area (Å²) in [5.74, 6) is -0.108. The molecule has 1 heterocycles. The predicted octanol–water partition coefficient (Wildman–Crippen LogP) is 1.99. The quantitative estimate of drug-likeness (QED) is 0.860. The van der Waals surface area contributed by atoms with Crippen molar-refractivity contribution in [3.8, 4) is 0 Å². The van der Waals surface area contributed by atoms with Crippen molar-refractivity contribution >= 4 is 34.2 Å². The summed E-state index contributed by atoms with van der Waals surface area (Å²) in [5.41, 5.74) is 6.56. The Balaban J connectivity index is 0.00000200. The summed E-state index contributed by atoms with van der Waals surface area (Å²) in [6.07, 6.45) is 1.83. The van der Waals surface area contributed by atoms with E-state index >= 15 is 0 Å². The Morgan fingerprint density at radius 2 is 1.90 bits per heavy atom. The number of carbonyl (C=O) groups excluding carboxylic acids is 1. The minimum atomic E-state index is -0.108. The molecule has 3 N–H and O–H groups in total. The maximum absolute atomic E-state index is 11.4. The van der Waals surface area contributed by atoms with Crippen LogP contribution in [0.15, 0.2) is 28.7 Å². The Kier molecular flexibility index (Phi) is 6.95. The van der Waals surface area contributed by atoms with E-state index in [9.17, 15) is 4.79 Å². The number of rotatable bonds is 4. The van der Waals surface area contributed by atoms with Crippen LogP contribution in [0.25, 0.3) is 0 Å². The molecule has 1 aliphatic heterocycles. The van der Waals surface area contributed by atoms with Gasteiger partial charge in [0.25, 0.3) is 0 Å². The third-order valence-electron chi connectivity index (χ3n) is 3.72. The van der Waals surface area contributed by atoms with Crippen molar-refractivity contribution in [2.24, 2.45) is 5.73 Å². The number of hydrogen-bond acceptors (Lipinski definition) is 3. The molecule has 112 valence electrons. The Hall–Kier alpha value is -0.620. The number of hydrogen-bond donors (Lipinski definition) is 2. The minimum Gasteiger partial charge on any atom is -0.381 e. The molecule has 6 heteroatoms. The van der Waals surface area contributed by atoms with Gasteiger partial charge in [-0.2, -0.15) is 0 Å². The number of nitrogens with two attached hydrogens (primary N) is 1. The van der Waals surface area contributed by atoms with Gasteiger partial charge in [0.15, 0.2) is 0 Å². The van der Waals surface area contributed by atoms with Gasteiger partial charge in [0, 0.05) is 29.6 Å². The predicted molar refractivity (Wildman–Crippen MR) is 85.2 cm³/mol. The molecule has 1 aromatic carbocycles. The molecular formula is C14H20BrClN2O2. The fourth-order valence-corrected chi connectivity index (χ4v) is 2.74. The molecule has 0 aliphatic carbocycles. The first-order valence-electron chi connectivity index (χ1n) is 6.47. The first kappa shape index (κ1) is 17.4. The van der Waals surface area contributed by atoms with Crippen molar-refractivity contribution < 1.29 is 9.53 Å². The highest BCUT2D eigenvalue weighted by molar-refractivity contribution is 9.10. The maximum atomic E-state index is 11.4. The normalized spacial score (nSPS) is 17.1. The minimum absolute atomic E-state index is 0. The Morgan fingerprint density at radius 1 is 1.30 bits per heavy atom. The lowest BCUT2D eigenvalue weighted by molar-refractivity contribution is -0.120. The highest BCUT2D eigenvalue weighted by Gasteiger charge is 2.34. The van der Waals surface area contributed by atoms with Crippen molar-refractivity contribution in [3.05, 3.63) is 34.3 Å². The van der Waals surface area contributed by atoms with Crippen LogP contribution in [-0.2, 0) is 14.9 Å². The zero-order valence-corrected chi connectivity index (χ0v) is 13.6. The average molecular weight is 364 g/mol. The van der Waals surface area contributed by atoms with Crippen LogP contribution in [0.2, 0.25) is 0 Å². The molecule has 0 saturated carbocycles. The molecule has 1 amide bonds. The van der Waals surface area contributed by atoms with E-state index in [1.54, 1.807) is 0 Å². The van der Waals surface area contributed by atoms with Crippen molar-refractivity contribution in [1.29, 1.82) is 0 Å². The lowest BCUT2D eigenvalue weighted by atomic mass is 9.74. The van der Waals surface area contributed by atoms with Gasteiger partial charge in [0.2, 0.25) is 5.91 Å². The molecule has 2 rings (SSSR count). The van der Waals surface area contributed by atoms with Crippen molar-refractivity contribution in [1.82, 2.24) is 5.32 Å². The number of nitrogens with one attached hydrogen (secondary N) is 1. The van der Waals surface area contributed by atoms with E-state index in [1.165, 1.54) is 5.56 Å². The lowest BCUT2D eigenvalue weighted by Crippen LogP contribution is -2.45. The number of halogens is 2. The summed E-state index contributed by atoms with van der Waals surface area (Å²) < 4.78 is 6.52. The van der Waals surface area contributed by atoms with Crippen LogP contribution in [0.3, 0.4) is 0 Å². The number of amides is 1. The second-order valence-corrected chi connectivity index (χ2v) is 5.80. The van der Waals surface area contributed by atoms with Crippen molar-refractivity contribution in [2.45, 2.75) is 18.3 Å². The molecule has 0 atom stereocenters. The standard InChI is InChI=1S/C14H19BrN2O2.ClH/c15-12-3-1-11(2-4-12)14(5-7-19-8-6-14)10-17-13(18)9-16;/h1-4H,5-10,16H2,(H,17,18);1H. The Bertz CT molecular complexity index is 433. The van der Waals surface area contributed by atoms with Gasteiger partial charge in [0.1, 0.15) is 0 Å².